The number of hydrogen-bond acceptors (Lipinski definition) is 5. The fourth-order valence-corrected chi connectivity index (χ4v) is 2.00. The molecule has 2 aromatic rings. The molecule has 0 aliphatic carbocycles. The predicted octanol–water partition coefficient (Wildman–Crippen LogP) is 2.90. The van der Waals surface area contributed by atoms with Gasteiger partial charge in [-0.1, -0.05) is 30.3 Å². The summed E-state index contributed by atoms with van der Waals surface area (Å²) in [7, 11) is 0. The molecule has 1 aromatic carbocycles. The van der Waals surface area contributed by atoms with E-state index in [1.165, 1.54) is 0 Å². The first-order chi connectivity index (χ1) is 9.67. The highest BCUT2D eigenvalue weighted by atomic mass is 16.5. The van der Waals surface area contributed by atoms with Gasteiger partial charge in [0.15, 0.2) is 5.78 Å². The van der Waals surface area contributed by atoms with Gasteiger partial charge in [0.2, 0.25) is 5.89 Å². The summed E-state index contributed by atoms with van der Waals surface area (Å²) in [6.45, 7) is 7.44. The van der Waals surface area contributed by atoms with Gasteiger partial charge < -0.3 is 9.42 Å². The van der Waals surface area contributed by atoms with Crippen molar-refractivity contribution in [3.63, 3.8) is 0 Å². The van der Waals surface area contributed by atoms with E-state index in [0.717, 1.165) is 13.1 Å². The number of rotatable bonds is 6. The molecule has 0 fully saturated rings. The van der Waals surface area contributed by atoms with E-state index in [1.54, 1.807) is 19.1 Å². The largest absolute Gasteiger partial charge is 0.339 e. The molecule has 0 aliphatic heterocycles. The van der Waals surface area contributed by atoms with Crippen LogP contribution in [0.5, 0.6) is 0 Å². The molecule has 1 atom stereocenters. The van der Waals surface area contributed by atoms with Crippen LogP contribution in [-0.4, -0.2) is 29.0 Å². The number of Topliss-reactive ketones (excluding diaryl/α,β-unsaturated/α-hetero) is 1. The van der Waals surface area contributed by atoms with Gasteiger partial charge in [0.1, 0.15) is 0 Å². The molecule has 1 heterocycles. The normalized spacial score (nSPS) is 12.2. The zero-order valence-corrected chi connectivity index (χ0v) is 12.0. The number of carbonyl (C=O) groups is 1. The summed E-state index contributed by atoms with van der Waals surface area (Å²) in [6.07, 6.45) is 0. The second-order valence-electron chi connectivity index (χ2n) is 4.56. The minimum atomic E-state index is -0.436. The van der Waals surface area contributed by atoms with Crippen molar-refractivity contribution in [1.29, 1.82) is 0 Å². The molecular formula is C15H19N3O2. The van der Waals surface area contributed by atoms with Crippen LogP contribution in [0.4, 0.5) is 5.95 Å². The third-order valence-electron chi connectivity index (χ3n) is 3.30. The van der Waals surface area contributed by atoms with E-state index in [0.29, 0.717) is 17.4 Å². The van der Waals surface area contributed by atoms with Crippen molar-refractivity contribution < 1.29 is 9.32 Å². The van der Waals surface area contributed by atoms with Crippen LogP contribution < -0.4 is 4.90 Å². The van der Waals surface area contributed by atoms with Crippen LogP contribution in [0.25, 0.3) is 0 Å². The minimum absolute atomic E-state index is 0.0136. The van der Waals surface area contributed by atoms with Crippen molar-refractivity contribution >= 4 is 11.7 Å². The van der Waals surface area contributed by atoms with E-state index in [9.17, 15) is 4.79 Å². The zero-order chi connectivity index (χ0) is 14.5. The maximum atomic E-state index is 12.3. The summed E-state index contributed by atoms with van der Waals surface area (Å²) in [4.78, 5) is 18.6. The Morgan fingerprint density at radius 3 is 2.50 bits per heavy atom. The average molecular weight is 273 g/mol. The van der Waals surface area contributed by atoms with Gasteiger partial charge in [-0.2, -0.15) is 4.98 Å². The van der Waals surface area contributed by atoms with Gasteiger partial charge in [-0.05, 0) is 25.9 Å². The SMILES string of the molecule is CCN(CC)c1noc(C(C)C(=O)c2ccccc2)n1. The number of nitrogens with zero attached hydrogens (tertiary/aromatic N) is 3. The van der Waals surface area contributed by atoms with Crippen molar-refractivity contribution in [2.24, 2.45) is 0 Å². The number of carbonyl (C=O) groups excluding carboxylic acids is 1. The number of aromatic nitrogens is 2. The van der Waals surface area contributed by atoms with E-state index >= 15 is 0 Å². The second-order valence-corrected chi connectivity index (χ2v) is 4.56. The summed E-state index contributed by atoms with van der Waals surface area (Å²) >= 11 is 0. The number of anilines is 1. The van der Waals surface area contributed by atoms with Crippen LogP contribution in [0.2, 0.25) is 0 Å². The maximum absolute atomic E-state index is 12.3. The molecule has 0 bridgehead atoms. The molecule has 1 unspecified atom stereocenters. The van der Waals surface area contributed by atoms with E-state index in [4.69, 9.17) is 4.52 Å². The molecule has 0 N–H and O–H groups in total. The summed E-state index contributed by atoms with van der Waals surface area (Å²) in [6, 6.07) is 9.15. The molecule has 0 saturated heterocycles. The fourth-order valence-electron chi connectivity index (χ4n) is 2.00. The van der Waals surface area contributed by atoms with E-state index in [2.05, 4.69) is 10.1 Å². The number of benzene rings is 1. The van der Waals surface area contributed by atoms with Gasteiger partial charge in [-0.15, -0.1) is 0 Å². The summed E-state index contributed by atoms with van der Waals surface area (Å²) in [5.74, 6) is 0.452. The van der Waals surface area contributed by atoms with Crippen LogP contribution in [0.15, 0.2) is 34.9 Å². The first kappa shape index (κ1) is 14.2. The van der Waals surface area contributed by atoms with Gasteiger partial charge in [0, 0.05) is 18.7 Å². The van der Waals surface area contributed by atoms with Gasteiger partial charge in [0.05, 0.1) is 5.92 Å². The fraction of sp³-hybridized carbons (Fsp3) is 0.400. The van der Waals surface area contributed by atoms with Crippen LogP contribution in [-0.2, 0) is 0 Å². The molecule has 0 saturated carbocycles. The lowest BCUT2D eigenvalue weighted by molar-refractivity contribution is 0.0951. The Hall–Kier alpha value is -2.17. The molecule has 2 rings (SSSR count). The van der Waals surface area contributed by atoms with Gasteiger partial charge in [0.25, 0.3) is 5.95 Å². The van der Waals surface area contributed by atoms with Crippen molar-refractivity contribution in [3.05, 3.63) is 41.8 Å². The van der Waals surface area contributed by atoms with Crippen molar-refractivity contribution in [3.8, 4) is 0 Å². The third-order valence-corrected chi connectivity index (χ3v) is 3.30. The molecule has 0 radical (unpaired) electrons. The Morgan fingerprint density at radius 2 is 1.90 bits per heavy atom. The highest BCUT2D eigenvalue weighted by molar-refractivity contribution is 6.00. The van der Waals surface area contributed by atoms with E-state index in [1.807, 2.05) is 36.9 Å². The van der Waals surface area contributed by atoms with Crippen molar-refractivity contribution in [1.82, 2.24) is 10.1 Å². The van der Waals surface area contributed by atoms with Crippen LogP contribution >= 0.6 is 0 Å². The second kappa shape index (κ2) is 6.32. The quantitative estimate of drug-likeness (QED) is 0.757. The molecule has 0 spiro atoms. The molecule has 20 heavy (non-hydrogen) atoms. The number of hydrogen-bond donors (Lipinski definition) is 0. The Balaban J connectivity index is 2.17. The Bertz CT molecular complexity index is 562. The van der Waals surface area contributed by atoms with Crippen LogP contribution in [0, 0.1) is 0 Å². The molecule has 1 aromatic heterocycles. The highest BCUT2D eigenvalue weighted by Crippen LogP contribution is 2.21. The van der Waals surface area contributed by atoms with Crippen molar-refractivity contribution in [2.45, 2.75) is 26.7 Å². The topological polar surface area (TPSA) is 59.2 Å². The standard InChI is InChI=1S/C15H19N3O2/c1-4-18(5-2)15-16-14(20-17-15)11(3)13(19)12-9-7-6-8-10-12/h6-11H,4-5H2,1-3H3. The van der Waals surface area contributed by atoms with Crippen molar-refractivity contribution in [2.75, 3.05) is 18.0 Å². The van der Waals surface area contributed by atoms with E-state index in [-0.39, 0.29) is 5.78 Å². The summed E-state index contributed by atoms with van der Waals surface area (Å²) in [5, 5.41) is 3.94. The monoisotopic (exact) mass is 273 g/mol. The Kier molecular flexibility index (Phi) is 4.50. The molecule has 5 nitrogen and oxygen atoms in total. The molecule has 0 amide bonds. The molecule has 5 heteroatoms. The lowest BCUT2D eigenvalue weighted by atomic mass is 9.99. The number of ketones is 1. The minimum Gasteiger partial charge on any atom is -0.339 e. The molecule has 106 valence electrons. The summed E-state index contributed by atoms with van der Waals surface area (Å²) in [5.41, 5.74) is 0.655. The zero-order valence-electron chi connectivity index (χ0n) is 12.0. The Morgan fingerprint density at radius 1 is 1.25 bits per heavy atom. The summed E-state index contributed by atoms with van der Waals surface area (Å²) < 4.78 is 5.23. The lowest BCUT2D eigenvalue weighted by Gasteiger charge is -2.14. The van der Waals surface area contributed by atoms with E-state index < -0.39 is 5.92 Å². The highest BCUT2D eigenvalue weighted by Gasteiger charge is 2.23. The average Bonchev–Trinajstić information content (AvgIpc) is 2.97. The van der Waals surface area contributed by atoms with Crippen LogP contribution in [0.3, 0.4) is 0 Å². The first-order valence-corrected chi connectivity index (χ1v) is 6.85. The van der Waals surface area contributed by atoms with Gasteiger partial charge in [-0.25, -0.2) is 0 Å². The van der Waals surface area contributed by atoms with Gasteiger partial charge >= 0.3 is 0 Å². The smallest absolute Gasteiger partial charge is 0.266 e. The maximum Gasteiger partial charge on any atom is 0.266 e. The molecular weight excluding hydrogens is 254 g/mol. The Labute approximate surface area is 118 Å². The lowest BCUT2D eigenvalue weighted by Crippen LogP contribution is -2.23. The molecule has 0 aliphatic rings. The van der Waals surface area contributed by atoms with Crippen LogP contribution in [0.1, 0.15) is 42.9 Å². The third kappa shape index (κ3) is 2.87. The predicted molar refractivity (Wildman–Crippen MR) is 77.0 cm³/mol. The van der Waals surface area contributed by atoms with Gasteiger partial charge in [-0.3, -0.25) is 4.79 Å². The first-order valence-electron chi connectivity index (χ1n) is 6.85.